The number of nitrogens with two attached hydrogens (primary N) is 1. The molecule has 0 aliphatic carbocycles. The van der Waals surface area contributed by atoms with Gasteiger partial charge in [0.2, 0.25) is 0 Å². The predicted molar refractivity (Wildman–Crippen MR) is 86.3 cm³/mol. The van der Waals surface area contributed by atoms with Gasteiger partial charge in [0, 0.05) is 20.3 Å². The molecule has 0 saturated carbocycles. The van der Waals surface area contributed by atoms with Crippen LogP contribution >= 0.6 is 12.2 Å². The van der Waals surface area contributed by atoms with E-state index >= 15 is 0 Å². The highest BCUT2D eigenvalue weighted by Gasteiger charge is 2.16. The molecule has 0 amide bonds. The molecule has 20 heavy (non-hydrogen) atoms. The predicted octanol–water partition coefficient (Wildman–Crippen LogP) is 2.07. The van der Waals surface area contributed by atoms with Gasteiger partial charge < -0.3 is 15.8 Å². The normalized spacial score (nSPS) is 10.6. The molecule has 0 bridgehead atoms. The summed E-state index contributed by atoms with van der Waals surface area (Å²) in [4.78, 5) is 0.380. The third-order valence-corrected chi connectivity index (χ3v) is 3.36. The summed E-state index contributed by atoms with van der Waals surface area (Å²) in [5.74, 6) is 0.698. The number of unbranched alkanes of at least 4 members (excludes halogenated alkanes) is 1. The van der Waals surface area contributed by atoms with Crippen molar-refractivity contribution in [3.05, 3.63) is 16.8 Å². The van der Waals surface area contributed by atoms with Crippen molar-refractivity contribution < 1.29 is 4.74 Å². The van der Waals surface area contributed by atoms with Gasteiger partial charge in [-0.2, -0.15) is 5.10 Å². The lowest BCUT2D eigenvalue weighted by Gasteiger charge is -2.15. The maximum absolute atomic E-state index is 5.87. The molecule has 0 aliphatic heterocycles. The van der Waals surface area contributed by atoms with E-state index in [0.29, 0.717) is 10.8 Å². The van der Waals surface area contributed by atoms with Crippen LogP contribution in [-0.2, 0) is 17.6 Å². The molecule has 0 aliphatic rings. The molecule has 5 nitrogen and oxygen atoms in total. The highest BCUT2D eigenvalue weighted by Crippen LogP contribution is 2.20. The largest absolute Gasteiger partial charge is 0.389 e. The minimum absolute atomic E-state index is 0.380. The summed E-state index contributed by atoms with van der Waals surface area (Å²) >= 11 is 5.18. The molecule has 1 heterocycles. The van der Waals surface area contributed by atoms with E-state index in [4.69, 9.17) is 22.7 Å². The monoisotopic (exact) mass is 296 g/mol. The minimum atomic E-state index is 0.380. The molecule has 0 radical (unpaired) electrons. The number of ether oxygens (including phenoxy) is 1. The fraction of sp³-hybridized carbons (Fsp3) is 0.643. The van der Waals surface area contributed by atoms with Crippen LogP contribution in [0.4, 0.5) is 5.82 Å². The zero-order chi connectivity index (χ0) is 15.0. The quantitative estimate of drug-likeness (QED) is 0.537. The van der Waals surface area contributed by atoms with Crippen molar-refractivity contribution in [2.24, 2.45) is 5.73 Å². The van der Waals surface area contributed by atoms with Crippen LogP contribution in [-0.4, -0.2) is 35.4 Å². The SMILES string of the molecule is CCc1nnc(NCCCCOC)c(C(N)=S)c1CC. The second-order valence-corrected chi connectivity index (χ2v) is 4.99. The Labute approximate surface area is 126 Å². The van der Waals surface area contributed by atoms with Gasteiger partial charge in [0.15, 0.2) is 5.82 Å². The zero-order valence-electron chi connectivity index (χ0n) is 12.5. The van der Waals surface area contributed by atoms with Crippen molar-refractivity contribution in [2.75, 3.05) is 25.6 Å². The van der Waals surface area contributed by atoms with Gasteiger partial charge in [0.1, 0.15) is 4.99 Å². The summed E-state index contributed by atoms with van der Waals surface area (Å²) in [5.41, 5.74) is 8.80. The van der Waals surface area contributed by atoms with Crippen molar-refractivity contribution >= 4 is 23.0 Å². The standard InChI is InChI=1S/C14H24N4OS/c1-4-10-11(5-2)17-18-14(12(10)13(15)20)16-8-6-7-9-19-3/h4-9H2,1-3H3,(H2,15,20)(H,16,18). The van der Waals surface area contributed by atoms with Crippen LogP contribution in [0.15, 0.2) is 0 Å². The van der Waals surface area contributed by atoms with Gasteiger partial charge in [-0.05, 0) is 31.2 Å². The number of thiocarbonyl (C=S) groups is 1. The summed E-state index contributed by atoms with van der Waals surface area (Å²) in [5, 5.41) is 11.8. The molecule has 1 aromatic heterocycles. The fourth-order valence-corrected chi connectivity index (χ4v) is 2.36. The molecule has 6 heteroatoms. The van der Waals surface area contributed by atoms with E-state index in [-0.39, 0.29) is 0 Å². The van der Waals surface area contributed by atoms with E-state index in [2.05, 4.69) is 29.4 Å². The summed E-state index contributed by atoms with van der Waals surface area (Å²) in [6.07, 6.45) is 3.69. The summed E-state index contributed by atoms with van der Waals surface area (Å²) in [6.45, 7) is 5.72. The second kappa shape index (κ2) is 8.81. The number of rotatable bonds is 9. The van der Waals surface area contributed by atoms with Crippen molar-refractivity contribution in [3.63, 3.8) is 0 Å². The lowest BCUT2D eigenvalue weighted by Crippen LogP contribution is -2.20. The van der Waals surface area contributed by atoms with Crippen LogP contribution in [0.5, 0.6) is 0 Å². The third kappa shape index (κ3) is 4.38. The average Bonchev–Trinajstić information content (AvgIpc) is 2.45. The number of anilines is 1. The van der Waals surface area contributed by atoms with E-state index in [1.165, 1.54) is 0 Å². The van der Waals surface area contributed by atoms with Crippen molar-refractivity contribution in [1.29, 1.82) is 0 Å². The van der Waals surface area contributed by atoms with Crippen LogP contribution in [0.3, 0.4) is 0 Å². The number of methoxy groups -OCH3 is 1. The van der Waals surface area contributed by atoms with Gasteiger partial charge in [0.05, 0.1) is 11.3 Å². The Morgan fingerprint density at radius 1 is 1.25 bits per heavy atom. The Morgan fingerprint density at radius 3 is 2.55 bits per heavy atom. The minimum Gasteiger partial charge on any atom is -0.389 e. The molecule has 0 saturated heterocycles. The third-order valence-electron chi connectivity index (χ3n) is 3.16. The van der Waals surface area contributed by atoms with E-state index in [1.807, 2.05) is 0 Å². The molecule has 0 unspecified atom stereocenters. The summed E-state index contributed by atoms with van der Waals surface area (Å²) in [6, 6.07) is 0. The number of nitrogens with one attached hydrogen (secondary N) is 1. The first-order valence-electron chi connectivity index (χ1n) is 7.06. The Bertz CT molecular complexity index is 451. The molecule has 0 atom stereocenters. The molecule has 1 rings (SSSR count). The van der Waals surface area contributed by atoms with Crippen LogP contribution in [0.25, 0.3) is 0 Å². The zero-order valence-corrected chi connectivity index (χ0v) is 13.3. The van der Waals surface area contributed by atoms with Crippen molar-refractivity contribution in [2.45, 2.75) is 39.5 Å². The molecule has 0 aromatic carbocycles. The van der Waals surface area contributed by atoms with E-state index in [0.717, 1.165) is 55.7 Å². The van der Waals surface area contributed by atoms with E-state index in [1.54, 1.807) is 7.11 Å². The number of hydrogen-bond acceptors (Lipinski definition) is 5. The van der Waals surface area contributed by atoms with Crippen LogP contribution < -0.4 is 11.1 Å². The topological polar surface area (TPSA) is 73.1 Å². The highest BCUT2D eigenvalue weighted by atomic mass is 32.1. The number of nitrogens with zero attached hydrogens (tertiary/aromatic N) is 2. The molecule has 112 valence electrons. The maximum Gasteiger partial charge on any atom is 0.159 e. The molecular weight excluding hydrogens is 272 g/mol. The smallest absolute Gasteiger partial charge is 0.159 e. The maximum atomic E-state index is 5.87. The lowest BCUT2D eigenvalue weighted by atomic mass is 10.0. The Morgan fingerprint density at radius 2 is 2.00 bits per heavy atom. The van der Waals surface area contributed by atoms with Gasteiger partial charge >= 0.3 is 0 Å². The number of hydrogen-bond donors (Lipinski definition) is 2. The fourth-order valence-electron chi connectivity index (χ4n) is 2.14. The van der Waals surface area contributed by atoms with Gasteiger partial charge in [0.25, 0.3) is 0 Å². The van der Waals surface area contributed by atoms with Gasteiger partial charge in [-0.25, -0.2) is 0 Å². The first kappa shape index (κ1) is 16.8. The van der Waals surface area contributed by atoms with Crippen LogP contribution in [0.1, 0.15) is 43.5 Å². The molecule has 3 N–H and O–H groups in total. The molecular formula is C14H24N4OS. The van der Waals surface area contributed by atoms with Crippen LogP contribution in [0.2, 0.25) is 0 Å². The Balaban J connectivity index is 2.87. The van der Waals surface area contributed by atoms with Gasteiger partial charge in [-0.15, -0.1) is 5.10 Å². The number of aryl methyl sites for hydroxylation is 1. The average molecular weight is 296 g/mol. The van der Waals surface area contributed by atoms with E-state index in [9.17, 15) is 0 Å². The Hall–Kier alpha value is -1.27. The lowest BCUT2D eigenvalue weighted by molar-refractivity contribution is 0.194. The number of aromatic nitrogens is 2. The first-order chi connectivity index (χ1) is 9.65. The van der Waals surface area contributed by atoms with Crippen LogP contribution in [0, 0.1) is 0 Å². The first-order valence-corrected chi connectivity index (χ1v) is 7.47. The van der Waals surface area contributed by atoms with Crippen molar-refractivity contribution in [1.82, 2.24) is 10.2 Å². The summed E-state index contributed by atoms with van der Waals surface area (Å²) in [7, 11) is 1.71. The van der Waals surface area contributed by atoms with Gasteiger partial charge in [-0.3, -0.25) is 0 Å². The molecule has 1 aromatic rings. The van der Waals surface area contributed by atoms with Gasteiger partial charge in [-0.1, -0.05) is 26.1 Å². The van der Waals surface area contributed by atoms with Crippen molar-refractivity contribution in [3.8, 4) is 0 Å². The Kier molecular flexibility index (Phi) is 7.40. The second-order valence-electron chi connectivity index (χ2n) is 4.55. The highest BCUT2D eigenvalue weighted by molar-refractivity contribution is 7.80. The molecule has 0 fully saturated rings. The van der Waals surface area contributed by atoms with E-state index < -0.39 is 0 Å². The summed E-state index contributed by atoms with van der Waals surface area (Å²) < 4.78 is 5.03. The molecule has 0 spiro atoms.